The molecule has 0 saturated carbocycles. The van der Waals surface area contributed by atoms with Crippen LogP contribution in [0.25, 0.3) is 0 Å². The van der Waals surface area contributed by atoms with Crippen molar-refractivity contribution in [3.63, 3.8) is 0 Å². The Bertz CT molecular complexity index is 390. The van der Waals surface area contributed by atoms with Gasteiger partial charge in [-0.25, -0.2) is 4.79 Å². The highest BCUT2D eigenvalue weighted by Crippen LogP contribution is 2.22. The van der Waals surface area contributed by atoms with E-state index in [-0.39, 0.29) is 5.91 Å². The Labute approximate surface area is 80.5 Å². The van der Waals surface area contributed by atoms with Gasteiger partial charge in [0.25, 0.3) is 5.91 Å². The number of imide groups is 1. The number of rotatable bonds is 1. The molecule has 1 fully saturated rings. The molecule has 1 aliphatic heterocycles. The predicted octanol–water partition coefficient (Wildman–Crippen LogP) is 0.136. The van der Waals surface area contributed by atoms with E-state index in [9.17, 15) is 9.59 Å². The van der Waals surface area contributed by atoms with Gasteiger partial charge in [0.1, 0.15) is 5.54 Å². The Morgan fingerprint density at radius 2 is 1.93 bits per heavy atom. The Morgan fingerprint density at radius 3 is 2.43 bits per heavy atom. The molecule has 1 saturated heterocycles. The third-order valence-corrected chi connectivity index (χ3v) is 2.30. The second kappa shape index (κ2) is 2.80. The zero-order valence-corrected chi connectivity index (χ0v) is 7.57. The maximum absolute atomic E-state index is 11.5. The Morgan fingerprint density at radius 1 is 1.29 bits per heavy atom. The zero-order chi connectivity index (χ0) is 10.2. The molecule has 1 aliphatic rings. The number of aromatic nitrogens is 1. The highest BCUT2D eigenvalue weighted by Gasteiger charge is 2.43. The first kappa shape index (κ1) is 8.68. The topological polar surface area (TPSA) is 71.1 Å². The van der Waals surface area contributed by atoms with Crippen molar-refractivity contribution in [2.24, 2.45) is 0 Å². The summed E-state index contributed by atoms with van der Waals surface area (Å²) < 4.78 is 0. The molecule has 0 radical (unpaired) electrons. The third kappa shape index (κ3) is 1.14. The molecule has 0 aromatic carbocycles. The molecule has 5 heteroatoms. The Balaban J connectivity index is 2.43. The van der Waals surface area contributed by atoms with Gasteiger partial charge in [0.15, 0.2) is 0 Å². The molecule has 0 bridgehead atoms. The minimum absolute atomic E-state index is 0.339. The van der Waals surface area contributed by atoms with Crippen molar-refractivity contribution in [3.8, 4) is 0 Å². The first-order valence-electron chi connectivity index (χ1n) is 4.17. The van der Waals surface area contributed by atoms with Crippen LogP contribution in [0.3, 0.4) is 0 Å². The predicted molar refractivity (Wildman–Crippen MR) is 48.3 cm³/mol. The molecule has 72 valence electrons. The van der Waals surface area contributed by atoms with E-state index in [0.29, 0.717) is 0 Å². The van der Waals surface area contributed by atoms with Gasteiger partial charge in [0.05, 0.1) is 0 Å². The minimum atomic E-state index is -0.972. The number of hydrogen-bond acceptors (Lipinski definition) is 3. The number of carbonyl (C=O) groups excluding carboxylic acids is 2. The first-order chi connectivity index (χ1) is 6.63. The molecule has 14 heavy (non-hydrogen) atoms. The smallest absolute Gasteiger partial charge is 0.320 e. The van der Waals surface area contributed by atoms with Gasteiger partial charge in [-0.15, -0.1) is 0 Å². The van der Waals surface area contributed by atoms with E-state index in [4.69, 9.17) is 0 Å². The van der Waals surface area contributed by atoms with Crippen LogP contribution in [0, 0.1) is 0 Å². The highest BCUT2D eigenvalue weighted by molar-refractivity contribution is 6.07. The van der Waals surface area contributed by atoms with Crippen molar-refractivity contribution in [3.05, 3.63) is 30.1 Å². The van der Waals surface area contributed by atoms with Gasteiger partial charge in [-0.05, 0) is 24.6 Å². The monoisotopic (exact) mass is 191 g/mol. The molecular formula is C9H9N3O2. The molecule has 5 nitrogen and oxygen atoms in total. The quantitative estimate of drug-likeness (QED) is 0.620. The van der Waals surface area contributed by atoms with Crippen LogP contribution in [0.15, 0.2) is 24.5 Å². The second-order valence-corrected chi connectivity index (χ2v) is 3.27. The van der Waals surface area contributed by atoms with Gasteiger partial charge in [0, 0.05) is 12.4 Å². The lowest BCUT2D eigenvalue weighted by Crippen LogP contribution is -2.40. The number of pyridine rings is 1. The molecule has 1 aromatic heterocycles. The summed E-state index contributed by atoms with van der Waals surface area (Å²) in [6.45, 7) is 1.66. The van der Waals surface area contributed by atoms with Crippen molar-refractivity contribution in [2.45, 2.75) is 12.5 Å². The number of hydrogen-bond donors (Lipinski definition) is 2. The molecule has 2 heterocycles. The van der Waals surface area contributed by atoms with E-state index in [1.54, 1.807) is 31.5 Å². The van der Waals surface area contributed by atoms with Gasteiger partial charge in [-0.2, -0.15) is 0 Å². The van der Waals surface area contributed by atoms with E-state index in [1.165, 1.54) is 0 Å². The summed E-state index contributed by atoms with van der Waals surface area (Å²) in [5.74, 6) is -0.339. The number of carbonyl (C=O) groups is 2. The van der Waals surface area contributed by atoms with Gasteiger partial charge in [0.2, 0.25) is 0 Å². The fourth-order valence-corrected chi connectivity index (χ4v) is 1.43. The molecular weight excluding hydrogens is 182 g/mol. The van der Waals surface area contributed by atoms with Gasteiger partial charge < -0.3 is 5.32 Å². The van der Waals surface area contributed by atoms with Gasteiger partial charge in [-0.1, -0.05) is 0 Å². The van der Waals surface area contributed by atoms with Crippen LogP contribution in [0.4, 0.5) is 4.79 Å². The summed E-state index contributed by atoms with van der Waals surface area (Å²) in [4.78, 5) is 26.3. The van der Waals surface area contributed by atoms with E-state index in [2.05, 4.69) is 15.6 Å². The number of nitrogens with one attached hydrogen (secondary N) is 2. The van der Waals surface area contributed by atoms with Crippen molar-refractivity contribution in [1.82, 2.24) is 15.6 Å². The average molecular weight is 191 g/mol. The molecule has 3 amide bonds. The molecule has 0 unspecified atom stereocenters. The van der Waals surface area contributed by atoms with Crippen LogP contribution in [0.5, 0.6) is 0 Å². The van der Waals surface area contributed by atoms with Gasteiger partial charge in [-0.3, -0.25) is 15.1 Å². The average Bonchev–Trinajstić information content (AvgIpc) is 2.43. The van der Waals surface area contributed by atoms with Gasteiger partial charge >= 0.3 is 6.03 Å². The standard InChI is InChI=1S/C9H9N3O2/c1-9(6-2-4-10-5-3-6)7(13)11-8(14)12-9/h2-5H,1H3,(H2,11,12,13,14)/t9-/m0/s1. The van der Waals surface area contributed by atoms with E-state index < -0.39 is 11.6 Å². The fourth-order valence-electron chi connectivity index (χ4n) is 1.43. The summed E-state index contributed by atoms with van der Waals surface area (Å²) >= 11 is 0. The summed E-state index contributed by atoms with van der Waals surface area (Å²) in [5.41, 5.74) is -0.254. The lowest BCUT2D eigenvalue weighted by molar-refractivity contribution is -0.123. The zero-order valence-electron chi connectivity index (χ0n) is 7.57. The van der Waals surface area contributed by atoms with Crippen molar-refractivity contribution < 1.29 is 9.59 Å². The van der Waals surface area contributed by atoms with Crippen molar-refractivity contribution >= 4 is 11.9 Å². The molecule has 2 rings (SSSR count). The minimum Gasteiger partial charge on any atom is -0.320 e. The Kier molecular flexibility index (Phi) is 1.73. The van der Waals surface area contributed by atoms with Crippen LogP contribution in [-0.4, -0.2) is 16.9 Å². The lowest BCUT2D eigenvalue weighted by Gasteiger charge is -2.20. The van der Waals surface area contributed by atoms with Crippen LogP contribution in [0.2, 0.25) is 0 Å². The SMILES string of the molecule is C[C@@]1(c2ccncc2)NC(=O)NC1=O. The third-order valence-electron chi connectivity index (χ3n) is 2.30. The molecule has 1 atom stereocenters. The summed E-state index contributed by atoms with van der Waals surface area (Å²) in [6.07, 6.45) is 3.16. The number of urea groups is 1. The second-order valence-electron chi connectivity index (χ2n) is 3.27. The van der Waals surface area contributed by atoms with Crippen LogP contribution in [-0.2, 0) is 10.3 Å². The molecule has 0 spiro atoms. The van der Waals surface area contributed by atoms with E-state index >= 15 is 0 Å². The largest absolute Gasteiger partial charge is 0.322 e. The van der Waals surface area contributed by atoms with Crippen LogP contribution >= 0.6 is 0 Å². The van der Waals surface area contributed by atoms with Crippen molar-refractivity contribution in [1.29, 1.82) is 0 Å². The summed E-state index contributed by atoms with van der Waals surface area (Å²) in [6, 6.07) is 2.94. The summed E-state index contributed by atoms with van der Waals surface area (Å²) in [7, 11) is 0. The number of amides is 3. The molecule has 0 aliphatic carbocycles. The van der Waals surface area contributed by atoms with Crippen LogP contribution in [0.1, 0.15) is 12.5 Å². The fraction of sp³-hybridized carbons (Fsp3) is 0.222. The normalized spacial score (nSPS) is 25.8. The van der Waals surface area contributed by atoms with Crippen molar-refractivity contribution in [2.75, 3.05) is 0 Å². The highest BCUT2D eigenvalue weighted by atomic mass is 16.2. The number of nitrogens with zero attached hydrogens (tertiary/aromatic N) is 1. The molecule has 2 N–H and O–H groups in total. The van der Waals surface area contributed by atoms with E-state index in [0.717, 1.165) is 5.56 Å². The lowest BCUT2D eigenvalue weighted by atomic mass is 9.93. The van der Waals surface area contributed by atoms with E-state index in [1.807, 2.05) is 0 Å². The molecule has 1 aromatic rings. The maximum atomic E-state index is 11.5. The van der Waals surface area contributed by atoms with Crippen LogP contribution < -0.4 is 10.6 Å². The summed E-state index contributed by atoms with van der Waals surface area (Å²) in [5, 5.41) is 4.77. The maximum Gasteiger partial charge on any atom is 0.322 e. The Hall–Kier alpha value is -1.91. The first-order valence-corrected chi connectivity index (χ1v) is 4.17.